The number of phenolic OH excluding ortho intramolecular Hbond substituents is 1. The Hall–Kier alpha value is -2.70. The van der Waals surface area contributed by atoms with Gasteiger partial charge in [0.15, 0.2) is 0 Å². The summed E-state index contributed by atoms with van der Waals surface area (Å²) in [5.74, 6) is 0.225. The average Bonchev–Trinajstić information content (AvgIpc) is 3.01. The van der Waals surface area contributed by atoms with Crippen molar-refractivity contribution in [2.75, 3.05) is 13.1 Å². The van der Waals surface area contributed by atoms with Gasteiger partial charge in [0.25, 0.3) is 0 Å². The van der Waals surface area contributed by atoms with Gasteiger partial charge in [-0.05, 0) is 51.1 Å². The van der Waals surface area contributed by atoms with E-state index in [0.29, 0.717) is 33.6 Å². The zero-order valence-electron chi connectivity index (χ0n) is 17.0. The maximum absolute atomic E-state index is 13.4. The Bertz CT molecular complexity index is 1250. The summed E-state index contributed by atoms with van der Waals surface area (Å²) in [5, 5.41) is 11.9. The van der Waals surface area contributed by atoms with Crippen LogP contribution in [0.25, 0.3) is 31.8 Å². The van der Waals surface area contributed by atoms with Gasteiger partial charge in [0, 0.05) is 17.7 Å². The highest BCUT2D eigenvalue weighted by molar-refractivity contribution is 7.21. The van der Waals surface area contributed by atoms with Crippen LogP contribution in [0, 0.1) is 6.92 Å². The highest BCUT2D eigenvalue weighted by Gasteiger charge is 2.20. The molecule has 0 aliphatic carbocycles. The Morgan fingerprint density at radius 3 is 2.70 bits per heavy atom. The molecule has 0 bridgehead atoms. The SMILES string of the molecule is Cc1c(O)c(CN2CCCCCC2)cc2c(=O)c(-c3nc4ccccc4s3)coc12. The normalized spacial score (nSPS) is 15.6. The minimum absolute atomic E-state index is 0.101. The molecule has 3 heterocycles. The van der Waals surface area contributed by atoms with Crippen LogP contribution >= 0.6 is 11.3 Å². The molecule has 1 aliphatic heterocycles. The quantitative estimate of drug-likeness (QED) is 0.477. The van der Waals surface area contributed by atoms with E-state index in [-0.39, 0.29) is 11.2 Å². The molecule has 1 aliphatic rings. The first kappa shape index (κ1) is 19.3. The van der Waals surface area contributed by atoms with Crippen molar-refractivity contribution in [1.29, 1.82) is 0 Å². The van der Waals surface area contributed by atoms with Gasteiger partial charge in [0.2, 0.25) is 5.43 Å². The highest BCUT2D eigenvalue weighted by atomic mass is 32.1. The van der Waals surface area contributed by atoms with Gasteiger partial charge in [-0.25, -0.2) is 4.98 Å². The van der Waals surface area contributed by atoms with E-state index < -0.39 is 0 Å². The molecule has 0 radical (unpaired) electrons. The number of nitrogens with zero attached hydrogens (tertiary/aromatic N) is 2. The molecule has 0 unspecified atom stereocenters. The number of aryl methyl sites for hydroxylation is 1. The average molecular weight is 421 g/mol. The van der Waals surface area contributed by atoms with Crippen LogP contribution in [-0.4, -0.2) is 28.1 Å². The van der Waals surface area contributed by atoms with Crippen LogP contribution in [0.4, 0.5) is 0 Å². The Morgan fingerprint density at radius 1 is 1.17 bits per heavy atom. The molecule has 30 heavy (non-hydrogen) atoms. The number of thiazole rings is 1. The summed E-state index contributed by atoms with van der Waals surface area (Å²) >= 11 is 1.49. The topological polar surface area (TPSA) is 66.6 Å². The van der Waals surface area contributed by atoms with Gasteiger partial charge in [-0.2, -0.15) is 0 Å². The lowest BCUT2D eigenvalue weighted by atomic mass is 10.0. The van der Waals surface area contributed by atoms with E-state index in [4.69, 9.17) is 4.42 Å². The molecule has 5 nitrogen and oxygen atoms in total. The summed E-state index contributed by atoms with van der Waals surface area (Å²) in [6.45, 7) is 4.51. The molecule has 1 N–H and O–H groups in total. The molecule has 154 valence electrons. The molecular formula is C24H24N2O3S. The molecule has 1 fully saturated rings. The number of rotatable bonds is 3. The van der Waals surface area contributed by atoms with E-state index in [2.05, 4.69) is 9.88 Å². The number of hydrogen-bond donors (Lipinski definition) is 1. The number of aromatic hydroxyl groups is 1. The number of likely N-dealkylation sites (tertiary alicyclic amines) is 1. The lowest BCUT2D eigenvalue weighted by molar-refractivity contribution is 0.272. The second kappa shape index (κ2) is 7.85. The predicted octanol–water partition coefficient (Wildman–Crippen LogP) is 5.46. The molecule has 0 saturated carbocycles. The van der Waals surface area contributed by atoms with Gasteiger partial charge in [0.05, 0.1) is 21.2 Å². The minimum atomic E-state index is -0.101. The Morgan fingerprint density at radius 2 is 1.93 bits per heavy atom. The van der Waals surface area contributed by atoms with Crippen LogP contribution in [0.1, 0.15) is 36.8 Å². The molecule has 2 aromatic carbocycles. The molecule has 4 aromatic rings. The Balaban J connectivity index is 1.61. The molecule has 1 saturated heterocycles. The third kappa shape index (κ3) is 3.40. The number of aromatic nitrogens is 1. The standard InChI is InChI=1S/C24H24N2O3S/c1-15-21(27)16(13-26-10-6-2-3-7-11-26)12-17-22(28)18(14-29-23(15)17)24-25-19-8-4-5-9-20(19)30-24/h4-5,8-9,12,14,27H,2-3,6-7,10-11,13H2,1H3. The number of hydrogen-bond acceptors (Lipinski definition) is 6. The maximum Gasteiger partial charge on any atom is 0.202 e. The lowest BCUT2D eigenvalue weighted by Gasteiger charge is -2.21. The van der Waals surface area contributed by atoms with E-state index in [0.717, 1.165) is 28.9 Å². The predicted molar refractivity (Wildman–Crippen MR) is 121 cm³/mol. The number of fused-ring (bicyclic) bond motifs is 2. The maximum atomic E-state index is 13.4. The summed E-state index contributed by atoms with van der Waals surface area (Å²) in [4.78, 5) is 20.4. The summed E-state index contributed by atoms with van der Waals surface area (Å²) < 4.78 is 6.88. The zero-order chi connectivity index (χ0) is 20.7. The number of phenols is 1. The van der Waals surface area contributed by atoms with Crippen LogP contribution in [0.3, 0.4) is 0 Å². The van der Waals surface area contributed by atoms with Crippen molar-refractivity contribution in [2.45, 2.75) is 39.2 Å². The summed E-state index contributed by atoms with van der Waals surface area (Å²) in [5.41, 5.74) is 3.09. The number of para-hydroxylation sites is 1. The van der Waals surface area contributed by atoms with E-state index in [1.54, 1.807) is 0 Å². The zero-order valence-corrected chi connectivity index (χ0v) is 17.8. The van der Waals surface area contributed by atoms with Crippen molar-refractivity contribution >= 4 is 32.5 Å². The van der Waals surface area contributed by atoms with Gasteiger partial charge in [-0.15, -0.1) is 11.3 Å². The van der Waals surface area contributed by atoms with Crippen LogP contribution in [0.15, 0.2) is 45.8 Å². The molecule has 0 atom stereocenters. The lowest BCUT2D eigenvalue weighted by Crippen LogP contribution is -2.24. The Kier molecular flexibility index (Phi) is 5.05. The van der Waals surface area contributed by atoms with E-state index in [1.807, 2.05) is 37.3 Å². The monoisotopic (exact) mass is 420 g/mol. The van der Waals surface area contributed by atoms with Crippen LogP contribution < -0.4 is 5.43 Å². The second-order valence-corrected chi connectivity index (χ2v) is 9.07. The third-order valence-corrected chi connectivity index (χ3v) is 7.03. The van der Waals surface area contributed by atoms with Crippen LogP contribution in [-0.2, 0) is 6.54 Å². The summed E-state index contributed by atoms with van der Waals surface area (Å²) in [6, 6.07) is 9.66. The van der Waals surface area contributed by atoms with Crippen LogP contribution in [0.5, 0.6) is 5.75 Å². The first-order chi connectivity index (χ1) is 14.6. The van der Waals surface area contributed by atoms with E-state index in [9.17, 15) is 9.90 Å². The van der Waals surface area contributed by atoms with Gasteiger partial charge >= 0.3 is 0 Å². The molecule has 6 heteroatoms. The summed E-state index contributed by atoms with van der Waals surface area (Å²) in [7, 11) is 0. The van der Waals surface area contributed by atoms with Gasteiger partial charge in [-0.3, -0.25) is 9.69 Å². The van der Waals surface area contributed by atoms with Crippen molar-refractivity contribution in [2.24, 2.45) is 0 Å². The van der Waals surface area contributed by atoms with Crippen LogP contribution in [0.2, 0.25) is 0 Å². The third-order valence-electron chi connectivity index (χ3n) is 5.96. The second-order valence-electron chi connectivity index (χ2n) is 8.04. The molecule has 0 amide bonds. The van der Waals surface area contributed by atoms with Gasteiger partial charge in [-0.1, -0.05) is 25.0 Å². The fraction of sp³-hybridized carbons (Fsp3) is 0.333. The summed E-state index contributed by atoms with van der Waals surface area (Å²) in [6.07, 6.45) is 6.35. The van der Waals surface area contributed by atoms with Gasteiger partial charge in [0.1, 0.15) is 22.6 Å². The van der Waals surface area contributed by atoms with Crippen molar-refractivity contribution in [3.05, 3.63) is 57.9 Å². The van der Waals surface area contributed by atoms with Crippen molar-refractivity contribution in [1.82, 2.24) is 9.88 Å². The molecule has 2 aromatic heterocycles. The van der Waals surface area contributed by atoms with Crippen molar-refractivity contribution < 1.29 is 9.52 Å². The fourth-order valence-corrected chi connectivity index (χ4v) is 5.25. The molecule has 5 rings (SSSR count). The first-order valence-electron chi connectivity index (χ1n) is 10.5. The van der Waals surface area contributed by atoms with Gasteiger partial charge < -0.3 is 9.52 Å². The number of benzene rings is 2. The smallest absolute Gasteiger partial charge is 0.202 e. The molecular weight excluding hydrogens is 396 g/mol. The van der Waals surface area contributed by atoms with Crippen molar-refractivity contribution in [3.8, 4) is 16.3 Å². The first-order valence-corrected chi connectivity index (χ1v) is 11.3. The molecule has 0 spiro atoms. The fourth-order valence-electron chi connectivity index (χ4n) is 4.29. The minimum Gasteiger partial charge on any atom is -0.507 e. The van der Waals surface area contributed by atoms with E-state index >= 15 is 0 Å². The highest BCUT2D eigenvalue weighted by Crippen LogP contribution is 2.34. The largest absolute Gasteiger partial charge is 0.507 e. The Labute approximate surface area is 178 Å². The van der Waals surface area contributed by atoms with Crippen molar-refractivity contribution in [3.63, 3.8) is 0 Å². The van der Waals surface area contributed by atoms with E-state index in [1.165, 1.54) is 43.3 Å².